The average Bonchev–Trinajstić information content (AvgIpc) is 2.88. The minimum absolute atomic E-state index is 0.0748. The molecule has 0 amide bonds. The first-order chi connectivity index (χ1) is 13.1. The van der Waals surface area contributed by atoms with Gasteiger partial charge >= 0.3 is 11.9 Å². The normalized spacial score (nSPS) is 24.0. The van der Waals surface area contributed by atoms with Crippen LogP contribution >= 0.6 is 0 Å². The molecular weight excluding hydrogens is 364 g/mol. The number of allylic oxidation sites excluding steroid dienone is 5. The van der Waals surface area contributed by atoms with Crippen molar-refractivity contribution in [2.45, 2.75) is 59.2 Å². The van der Waals surface area contributed by atoms with Crippen LogP contribution in [0.15, 0.2) is 46.5 Å². The van der Waals surface area contributed by atoms with E-state index in [0.29, 0.717) is 5.57 Å². The topological polar surface area (TPSA) is 113 Å². The Bertz CT molecular complexity index is 768. The van der Waals surface area contributed by atoms with Crippen LogP contribution in [-0.2, 0) is 19.1 Å². The number of hydrogen-bond acceptors (Lipinski definition) is 7. The maximum absolute atomic E-state index is 12.2. The Kier molecular flexibility index (Phi) is 6.85. The van der Waals surface area contributed by atoms with Gasteiger partial charge in [-0.05, 0) is 49.7 Å². The van der Waals surface area contributed by atoms with E-state index in [0.717, 1.165) is 19.3 Å². The van der Waals surface area contributed by atoms with Gasteiger partial charge in [-0.3, -0.25) is 0 Å². The number of aliphatic hydroxyl groups is 3. The lowest BCUT2D eigenvalue weighted by Crippen LogP contribution is -2.33. The summed E-state index contributed by atoms with van der Waals surface area (Å²) in [5, 5.41) is 28.4. The number of cyclic esters (lactones) is 1. The molecule has 2 rings (SSSR count). The van der Waals surface area contributed by atoms with Crippen molar-refractivity contribution < 1.29 is 34.4 Å². The summed E-state index contributed by atoms with van der Waals surface area (Å²) in [6.45, 7) is 7.51. The second-order valence-electron chi connectivity index (χ2n) is 7.86. The van der Waals surface area contributed by atoms with Crippen molar-refractivity contribution in [2.24, 2.45) is 5.41 Å². The molecule has 0 radical (unpaired) electrons. The molecule has 2 aliphatic rings. The maximum atomic E-state index is 12.2. The highest BCUT2D eigenvalue weighted by Gasteiger charge is 2.41. The van der Waals surface area contributed by atoms with Gasteiger partial charge in [0.2, 0.25) is 11.5 Å². The van der Waals surface area contributed by atoms with Crippen molar-refractivity contribution in [3.05, 3.63) is 46.5 Å². The zero-order chi connectivity index (χ0) is 21.1. The number of carbonyl (C=O) groups excluding carboxylic acids is 2. The van der Waals surface area contributed by atoms with Crippen molar-refractivity contribution in [1.29, 1.82) is 0 Å². The van der Waals surface area contributed by atoms with Crippen molar-refractivity contribution >= 4 is 11.9 Å². The van der Waals surface area contributed by atoms with Gasteiger partial charge in [0.05, 0.1) is 6.61 Å². The second kappa shape index (κ2) is 8.75. The SMILES string of the molecule is CC1=C(/C=C/C(C)=C/C(=O)OC2=C(O)C(=O)O[C@@H]2[C@@H](O)CO)C(C)(C)CCC1. The summed E-state index contributed by atoms with van der Waals surface area (Å²) in [7, 11) is 0. The summed E-state index contributed by atoms with van der Waals surface area (Å²) in [5.74, 6) is -3.35. The van der Waals surface area contributed by atoms with E-state index in [2.05, 4.69) is 20.8 Å². The van der Waals surface area contributed by atoms with Crippen molar-refractivity contribution in [2.75, 3.05) is 6.61 Å². The molecule has 0 aromatic heterocycles. The largest absolute Gasteiger partial charge is 0.499 e. The number of carbonyl (C=O) groups is 2. The molecule has 0 aromatic rings. The lowest BCUT2D eigenvalue weighted by molar-refractivity contribution is -0.150. The van der Waals surface area contributed by atoms with E-state index in [9.17, 15) is 19.8 Å². The molecule has 0 aromatic carbocycles. The Morgan fingerprint density at radius 3 is 2.71 bits per heavy atom. The number of rotatable bonds is 6. The molecule has 1 aliphatic carbocycles. The van der Waals surface area contributed by atoms with E-state index in [-0.39, 0.29) is 5.41 Å². The van der Waals surface area contributed by atoms with Gasteiger partial charge in [-0.2, -0.15) is 0 Å². The van der Waals surface area contributed by atoms with Gasteiger partial charge in [0, 0.05) is 6.08 Å². The fraction of sp³-hybridized carbons (Fsp3) is 0.524. The third-order valence-corrected chi connectivity index (χ3v) is 5.07. The monoisotopic (exact) mass is 392 g/mol. The molecule has 0 saturated heterocycles. The van der Waals surface area contributed by atoms with Crippen LogP contribution in [0.2, 0.25) is 0 Å². The third kappa shape index (κ3) is 4.91. The summed E-state index contributed by atoms with van der Waals surface area (Å²) >= 11 is 0. The lowest BCUT2D eigenvalue weighted by atomic mass is 9.72. The average molecular weight is 392 g/mol. The number of esters is 2. The molecule has 154 valence electrons. The van der Waals surface area contributed by atoms with Crippen LogP contribution in [0.25, 0.3) is 0 Å². The van der Waals surface area contributed by atoms with Crippen LogP contribution < -0.4 is 0 Å². The van der Waals surface area contributed by atoms with Gasteiger partial charge in [-0.25, -0.2) is 9.59 Å². The molecule has 0 bridgehead atoms. The molecule has 7 nitrogen and oxygen atoms in total. The van der Waals surface area contributed by atoms with E-state index in [4.69, 9.17) is 14.6 Å². The Morgan fingerprint density at radius 1 is 1.43 bits per heavy atom. The highest BCUT2D eigenvalue weighted by Crippen LogP contribution is 2.40. The van der Waals surface area contributed by atoms with E-state index in [1.54, 1.807) is 6.92 Å². The van der Waals surface area contributed by atoms with Crippen LogP contribution in [-0.4, -0.2) is 46.1 Å². The summed E-state index contributed by atoms with van der Waals surface area (Å²) < 4.78 is 9.72. The number of hydrogen-bond donors (Lipinski definition) is 3. The third-order valence-electron chi connectivity index (χ3n) is 5.07. The van der Waals surface area contributed by atoms with E-state index >= 15 is 0 Å². The molecule has 0 fully saturated rings. The van der Waals surface area contributed by atoms with Gasteiger partial charge in [0.25, 0.3) is 0 Å². The highest BCUT2D eigenvalue weighted by molar-refractivity contribution is 5.91. The first-order valence-electron chi connectivity index (χ1n) is 9.28. The molecule has 2 atom stereocenters. The van der Waals surface area contributed by atoms with Crippen LogP contribution in [0, 0.1) is 5.41 Å². The Labute approximate surface area is 164 Å². The number of aliphatic hydroxyl groups excluding tert-OH is 3. The fourth-order valence-corrected chi connectivity index (χ4v) is 3.51. The predicted octanol–water partition coefficient (Wildman–Crippen LogP) is 2.61. The molecule has 0 unspecified atom stereocenters. The Hall–Kier alpha value is -2.38. The first-order valence-corrected chi connectivity index (χ1v) is 9.28. The standard InChI is InChI=1S/C21H28O7/c1-12(7-8-14-13(2)6-5-9-21(14,3)4)10-16(24)27-19-17(25)20(26)28-18(19)15(23)11-22/h7-8,10,15,18,22-23,25H,5-6,9,11H2,1-4H3/b8-7+,12-10+/t15-,18+/m0/s1. The maximum Gasteiger partial charge on any atom is 0.378 e. The van der Waals surface area contributed by atoms with Crippen LogP contribution in [0.4, 0.5) is 0 Å². The van der Waals surface area contributed by atoms with Crippen molar-refractivity contribution in [1.82, 2.24) is 0 Å². The van der Waals surface area contributed by atoms with Gasteiger partial charge in [0.1, 0.15) is 6.10 Å². The Morgan fingerprint density at radius 2 is 2.11 bits per heavy atom. The van der Waals surface area contributed by atoms with Crippen molar-refractivity contribution in [3.8, 4) is 0 Å². The fourth-order valence-electron chi connectivity index (χ4n) is 3.51. The van der Waals surface area contributed by atoms with Gasteiger partial charge in [-0.15, -0.1) is 0 Å². The minimum atomic E-state index is -1.51. The first kappa shape index (κ1) is 21.9. The summed E-state index contributed by atoms with van der Waals surface area (Å²) in [6, 6.07) is 0. The zero-order valence-corrected chi connectivity index (χ0v) is 16.7. The van der Waals surface area contributed by atoms with Gasteiger partial charge in [0.15, 0.2) is 6.10 Å². The smallest absolute Gasteiger partial charge is 0.378 e. The van der Waals surface area contributed by atoms with Gasteiger partial charge < -0.3 is 24.8 Å². The summed E-state index contributed by atoms with van der Waals surface area (Å²) in [4.78, 5) is 23.6. The lowest BCUT2D eigenvalue weighted by Gasteiger charge is -2.32. The summed E-state index contributed by atoms with van der Waals surface area (Å²) in [5.41, 5.74) is 3.28. The molecule has 0 saturated carbocycles. The minimum Gasteiger partial charge on any atom is -0.499 e. The molecule has 7 heteroatoms. The van der Waals surface area contributed by atoms with Crippen molar-refractivity contribution in [3.63, 3.8) is 0 Å². The van der Waals surface area contributed by atoms with Crippen LogP contribution in [0.5, 0.6) is 0 Å². The van der Waals surface area contributed by atoms with Crippen LogP contribution in [0.1, 0.15) is 47.0 Å². The molecule has 1 aliphatic heterocycles. The van der Waals surface area contributed by atoms with E-state index < -0.39 is 42.3 Å². The second-order valence-corrected chi connectivity index (χ2v) is 7.86. The summed E-state index contributed by atoms with van der Waals surface area (Å²) in [6.07, 6.45) is 5.43. The van der Waals surface area contributed by atoms with Crippen LogP contribution in [0.3, 0.4) is 0 Å². The molecular formula is C21H28O7. The highest BCUT2D eigenvalue weighted by atomic mass is 16.6. The quantitative estimate of drug-likeness (QED) is 0.362. The molecule has 3 N–H and O–H groups in total. The molecule has 28 heavy (non-hydrogen) atoms. The predicted molar refractivity (Wildman–Crippen MR) is 102 cm³/mol. The van der Waals surface area contributed by atoms with Gasteiger partial charge in [-0.1, -0.05) is 31.6 Å². The molecule has 0 spiro atoms. The Balaban J connectivity index is 2.12. The zero-order valence-electron chi connectivity index (χ0n) is 16.7. The van der Waals surface area contributed by atoms with E-state index in [1.807, 2.05) is 12.2 Å². The van der Waals surface area contributed by atoms with E-state index in [1.165, 1.54) is 17.2 Å². The number of ether oxygens (including phenoxy) is 2. The molecule has 1 heterocycles.